The smallest absolute Gasteiger partial charge is 0.0588 e. The van der Waals surface area contributed by atoms with E-state index in [1.54, 1.807) is 0 Å². The van der Waals surface area contributed by atoms with Crippen LogP contribution in [0.5, 0.6) is 0 Å². The molecule has 0 bridgehead atoms. The minimum absolute atomic E-state index is 0.0300. The SMILES string of the molecule is CCC(O)C(CO)CCO. The molecule has 0 rings (SSSR count). The van der Waals surface area contributed by atoms with Crippen LogP contribution in [0.3, 0.4) is 0 Å². The molecule has 0 spiro atoms. The van der Waals surface area contributed by atoms with Gasteiger partial charge in [-0.2, -0.15) is 0 Å². The Labute approximate surface area is 61.3 Å². The first-order valence-electron chi connectivity index (χ1n) is 3.66. The largest absolute Gasteiger partial charge is 0.396 e. The van der Waals surface area contributed by atoms with Crippen molar-refractivity contribution in [2.24, 2.45) is 5.92 Å². The molecule has 0 aliphatic rings. The summed E-state index contributed by atoms with van der Waals surface area (Å²) >= 11 is 0. The summed E-state index contributed by atoms with van der Waals surface area (Å²) in [5, 5.41) is 26.4. The molecule has 2 atom stereocenters. The minimum atomic E-state index is -0.475. The summed E-state index contributed by atoms with van der Waals surface area (Å²) in [6, 6.07) is 0. The summed E-state index contributed by atoms with van der Waals surface area (Å²) in [7, 11) is 0. The molecule has 3 nitrogen and oxygen atoms in total. The Morgan fingerprint density at radius 2 is 1.90 bits per heavy atom. The van der Waals surface area contributed by atoms with E-state index in [-0.39, 0.29) is 19.1 Å². The second kappa shape index (κ2) is 5.65. The first-order valence-corrected chi connectivity index (χ1v) is 3.66. The van der Waals surface area contributed by atoms with Crippen molar-refractivity contribution in [1.82, 2.24) is 0 Å². The van der Waals surface area contributed by atoms with Crippen molar-refractivity contribution >= 4 is 0 Å². The van der Waals surface area contributed by atoms with Gasteiger partial charge in [0.15, 0.2) is 0 Å². The number of aliphatic hydroxyl groups excluding tert-OH is 3. The summed E-state index contributed by atoms with van der Waals surface area (Å²) in [6.45, 7) is 1.84. The highest BCUT2D eigenvalue weighted by atomic mass is 16.3. The third-order valence-electron chi connectivity index (χ3n) is 1.70. The molecule has 62 valence electrons. The van der Waals surface area contributed by atoms with Crippen LogP contribution in [0.4, 0.5) is 0 Å². The van der Waals surface area contributed by atoms with Crippen LogP contribution in [0.15, 0.2) is 0 Å². The van der Waals surface area contributed by atoms with Crippen LogP contribution in [0.25, 0.3) is 0 Å². The van der Waals surface area contributed by atoms with Crippen LogP contribution in [0.1, 0.15) is 19.8 Å². The van der Waals surface area contributed by atoms with Crippen LogP contribution < -0.4 is 0 Å². The second-order valence-corrected chi connectivity index (χ2v) is 2.43. The quantitative estimate of drug-likeness (QED) is 0.504. The van der Waals surface area contributed by atoms with Crippen molar-refractivity contribution in [3.63, 3.8) is 0 Å². The molecule has 0 aliphatic carbocycles. The molecule has 0 aromatic rings. The Morgan fingerprint density at radius 3 is 2.20 bits per heavy atom. The van der Waals surface area contributed by atoms with E-state index in [1.165, 1.54) is 0 Å². The summed E-state index contributed by atoms with van der Waals surface area (Å²) in [6.07, 6.45) is 0.633. The van der Waals surface area contributed by atoms with Crippen molar-refractivity contribution in [3.05, 3.63) is 0 Å². The van der Waals surface area contributed by atoms with Crippen LogP contribution in [0.2, 0.25) is 0 Å². The monoisotopic (exact) mass is 148 g/mol. The highest BCUT2D eigenvalue weighted by Gasteiger charge is 2.14. The van der Waals surface area contributed by atoms with Crippen molar-refractivity contribution < 1.29 is 15.3 Å². The Hall–Kier alpha value is -0.120. The highest BCUT2D eigenvalue weighted by molar-refractivity contribution is 4.65. The molecular formula is C7H16O3. The average molecular weight is 148 g/mol. The average Bonchev–Trinajstić information content (AvgIpc) is 1.99. The first kappa shape index (κ1) is 9.88. The molecule has 0 aliphatic heterocycles. The van der Waals surface area contributed by atoms with E-state index in [0.717, 1.165) is 0 Å². The fourth-order valence-electron chi connectivity index (χ4n) is 0.905. The summed E-state index contributed by atoms with van der Waals surface area (Å²) in [5.41, 5.74) is 0. The zero-order valence-corrected chi connectivity index (χ0v) is 6.32. The fraction of sp³-hybridized carbons (Fsp3) is 1.00. The van der Waals surface area contributed by atoms with Crippen LogP contribution >= 0.6 is 0 Å². The molecule has 2 unspecified atom stereocenters. The van der Waals surface area contributed by atoms with E-state index in [2.05, 4.69) is 0 Å². The first-order chi connectivity index (χ1) is 4.76. The lowest BCUT2D eigenvalue weighted by Crippen LogP contribution is -2.23. The van der Waals surface area contributed by atoms with Gasteiger partial charge in [-0.15, -0.1) is 0 Å². The van der Waals surface area contributed by atoms with E-state index >= 15 is 0 Å². The zero-order valence-electron chi connectivity index (χ0n) is 6.32. The number of hydrogen-bond donors (Lipinski definition) is 3. The summed E-state index contributed by atoms with van der Waals surface area (Å²) < 4.78 is 0. The van der Waals surface area contributed by atoms with Gasteiger partial charge in [0.05, 0.1) is 6.10 Å². The van der Waals surface area contributed by atoms with Crippen molar-refractivity contribution in [3.8, 4) is 0 Å². The van der Waals surface area contributed by atoms with Gasteiger partial charge < -0.3 is 15.3 Å². The maximum Gasteiger partial charge on any atom is 0.0588 e. The number of rotatable bonds is 5. The van der Waals surface area contributed by atoms with Crippen molar-refractivity contribution in [1.29, 1.82) is 0 Å². The van der Waals surface area contributed by atoms with Gasteiger partial charge in [0.2, 0.25) is 0 Å². The molecule has 0 saturated carbocycles. The zero-order chi connectivity index (χ0) is 7.98. The molecule has 10 heavy (non-hydrogen) atoms. The normalized spacial score (nSPS) is 16.8. The maximum atomic E-state index is 9.18. The van der Waals surface area contributed by atoms with Gasteiger partial charge >= 0.3 is 0 Å². The van der Waals surface area contributed by atoms with Gasteiger partial charge in [-0.25, -0.2) is 0 Å². The van der Waals surface area contributed by atoms with Gasteiger partial charge in [0.25, 0.3) is 0 Å². The molecule has 3 heteroatoms. The standard InChI is InChI=1S/C7H16O3/c1-2-7(10)6(5-9)3-4-8/h6-10H,2-5H2,1H3. The van der Waals surface area contributed by atoms with E-state index in [4.69, 9.17) is 10.2 Å². The van der Waals surface area contributed by atoms with Gasteiger partial charge in [-0.1, -0.05) is 6.92 Å². The van der Waals surface area contributed by atoms with Crippen molar-refractivity contribution in [2.75, 3.05) is 13.2 Å². The van der Waals surface area contributed by atoms with Crippen LogP contribution in [-0.2, 0) is 0 Å². The predicted octanol–water partition coefficient (Wildman–Crippen LogP) is -0.252. The summed E-state index contributed by atoms with van der Waals surface area (Å²) in [4.78, 5) is 0. The van der Waals surface area contributed by atoms with Crippen molar-refractivity contribution in [2.45, 2.75) is 25.9 Å². The predicted molar refractivity (Wildman–Crippen MR) is 38.6 cm³/mol. The van der Waals surface area contributed by atoms with Gasteiger partial charge in [-0.05, 0) is 12.8 Å². The van der Waals surface area contributed by atoms with E-state index < -0.39 is 6.10 Å². The Bertz CT molecular complexity index is 75.3. The molecule has 3 N–H and O–H groups in total. The van der Waals surface area contributed by atoms with Gasteiger partial charge in [0.1, 0.15) is 0 Å². The number of hydrogen-bond acceptors (Lipinski definition) is 3. The topological polar surface area (TPSA) is 60.7 Å². The third kappa shape index (κ3) is 3.15. The molecule has 0 aromatic carbocycles. The van der Waals surface area contributed by atoms with Crippen LogP contribution in [-0.4, -0.2) is 34.6 Å². The van der Waals surface area contributed by atoms with Gasteiger partial charge in [0, 0.05) is 19.1 Å². The Morgan fingerprint density at radius 1 is 1.30 bits per heavy atom. The fourth-order valence-corrected chi connectivity index (χ4v) is 0.905. The van der Waals surface area contributed by atoms with Gasteiger partial charge in [-0.3, -0.25) is 0 Å². The van der Waals surface area contributed by atoms with E-state index in [0.29, 0.717) is 12.8 Å². The molecule has 0 heterocycles. The van der Waals surface area contributed by atoms with E-state index in [9.17, 15) is 5.11 Å². The van der Waals surface area contributed by atoms with Crippen LogP contribution in [0, 0.1) is 5.92 Å². The molecule has 0 radical (unpaired) electrons. The van der Waals surface area contributed by atoms with E-state index in [1.807, 2.05) is 6.92 Å². The molecular weight excluding hydrogens is 132 g/mol. The molecule has 0 amide bonds. The summed E-state index contributed by atoms with van der Waals surface area (Å²) in [5.74, 6) is -0.157. The lowest BCUT2D eigenvalue weighted by molar-refractivity contribution is 0.0493. The lowest BCUT2D eigenvalue weighted by Gasteiger charge is -2.17. The minimum Gasteiger partial charge on any atom is -0.396 e. The lowest BCUT2D eigenvalue weighted by atomic mass is 9.98. The second-order valence-electron chi connectivity index (χ2n) is 2.43. The third-order valence-corrected chi connectivity index (χ3v) is 1.70. The number of aliphatic hydroxyl groups is 3. The highest BCUT2D eigenvalue weighted by Crippen LogP contribution is 2.10. The molecule has 0 saturated heterocycles. The molecule has 0 fully saturated rings. The maximum absolute atomic E-state index is 9.18. The molecule has 0 aromatic heterocycles. The Kier molecular flexibility index (Phi) is 5.58. The Balaban J connectivity index is 3.56.